The van der Waals surface area contributed by atoms with E-state index in [1.54, 1.807) is 0 Å². The Labute approximate surface area is 286 Å². The number of hydrogen-bond acceptors (Lipinski definition) is 6. The van der Waals surface area contributed by atoms with Crippen LogP contribution in [0.3, 0.4) is 0 Å². The summed E-state index contributed by atoms with van der Waals surface area (Å²) in [6, 6.07) is 33.5. The van der Waals surface area contributed by atoms with Gasteiger partial charge in [-0.15, -0.1) is 12.6 Å². The molecule has 0 saturated carbocycles. The van der Waals surface area contributed by atoms with Gasteiger partial charge in [-0.25, -0.2) is 0 Å². The van der Waals surface area contributed by atoms with Gasteiger partial charge in [-0.2, -0.15) is 0 Å². The number of amides is 2. The van der Waals surface area contributed by atoms with Crippen molar-refractivity contribution in [2.45, 2.75) is 38.5 Å². The van der Waals surface area contributed by atoms with E-state index in [-0.39, 0.29) is 46.8 Å². The molecule has 8 nitrogen and oxygen atoms in total. The van der Waals surface area contributed by atoms with E-state index in [9.17, 15) is 9.59 Å². The minimum absolute atomic E-state index is 0. The average Bonchev–Trinajstić information content (AvgIpc) is 3.41. The van der Waals surface area contributed by atoms with Crippen molar-refractivity contribution in [2.75, 3.05) is 10.6 Å². The summed E-state index contributed by atoms with van der Waals surface area (Å²) < 4.78 is 31.3. The van der Waals surface area contributed by atoms with E-state index < -0.39 is 16.5 Å². The van der Waals surface area contributed by atoms with Gasteiger partial charge in [-0.1, -0.05) is 75.4 Å². The maximum Gasteiger partial charge on any atom is 1.00 e. The van der Waals surface area contributed by atoms with Crippen LogP contribution in [0.1, 0.15) is 43.4 Å². The summed E-state index contributed by atoms with van der Waals surface area (Å²) in [7, 11) is -3.11. The quantitative estimate of drug-likeness (QED) is 0.206. The molecule has 0 spiro atoms. The van der Waals surface area contributed by atoms with Crippen molar-refractivity contribution in [3.8, 4) is 11.3 Å². The predicted molar refractivity (Wildman–Crippen MR) is 172 cm³/mol. The van der Waals surface area contributed by atoms with E-state index in [0.29, 0.717) is 12.1 Å². The van der Waals surface area contributed by atoms with Crippen molar-refractivity contribution < 1.29 is 56.2 Å². The van der Waals surface area contributed by atoms with Gasteiger partial charge in [0.1, 0.15) is 11.3 Å². The molecule has 226 valence electrons. The first kappa shape index (κ1) is 35.3. The zero-order chi connectivity index (χ0) is 31.9. The standard InChI is InChI=1S/C35H33N2O3.Na.O3S/c1-23(38)36-29-17-9-24(10-18-29)21-31(25-11-15-28(16-12-25)35(2,3)4)34(39)37-30-19-13-26(14-20-30)33-22-27-7-5-6-8-32(27)40-33;;1-4(2)3/h5-20,22,31H,1,21H2,2-4H3,(H,36,38)(H,37,39);;/q-1;+1;. The average molecular weight is 633 g/mol. The summed E-state index contributed by atoms with van der Waals surface area (Å²) >= 11 is 0. The van der Waals surface area contributed by atoms with E-state index in [4.69, 9.17) is 17.0 Å². The van der Waals surface area contributed by atoms with Gasteiger partial charge in [0.25, 0.3) is 0 Å². The number of anilines is 2. The van der Waals surface area contributed by atoms with Crippen LogP contribution >= 0.6 is 0 Å². The van der Waals surface area contributed by atoms with Crippen molar-refractivity contribution in [3.63, 3.8) is 0 Å². The summed E-state index contributed by atoms with van der Waals surface area (Å²) in [5.41, 5.74) is 6.34. The molecule has 0 aliphatic carbocycles. The first-order valence-electron chi connectivity index (χ1n) is 13.9. The van der Waals surface area contributed by atoms with Crippen molar-refractivity contribution >= 4 is 44.8 Å². The fourth-order valence-electron chi connectivity index (χ4n) is 4.77. The van der Waals surface area contributed by atoms with Crippen molar-refractivity contribution in [1.29, 1.82) is 0 Å². The van der Waals surface area contributed by atoms with Gasteiger partial charge < -0.3 is 26.8 Å². The van der Waals surface area contributed by atoms with Crippen LogP contribution in [-0.2, 0) is 32.0 Å². The Kier molecular flexibility index (Phi) is 12.3. The second-order valence-corrected chi connectivity index (χ2v) is 11.7. The maximum atomic E-state index is 13.7. The molecule has 0 bridgehead atoms. The number of nitrogens with one attached hydrogen (secondary N) is 2. The minimum atomic E-state index is -3.11. The van der Waals surface area contributed by atoms with Gasteiger partial charge in [0.2, 0.25) is 5.91 Å². The first-order valence-corrected chi connectivity index (χ1v) is 14.9. The smallest absolute Gasteiger partial charge is 0.456 e. The molecule has 4 aromatic carbocycles. The third-order valence-electron chi connectivity index (χ3n) is 7.04. The number of furan rings is 1. The van der Waals surface area contributed by atoms with Crippen LogP contribution in [0.4, 0.5) is 11.4 Å². The Hall–Kier alpha value is -4.15. The number of fused-ring (bicyclic) bond motifs is 1. The van der Waals surface area contributed by atoms with Crippen molar-refractivity contribution in [1.82, 2.24) is 0 Å². The summed E-state index contributed by atoms with van der Waals surface area (Å²) in [6.07, 6.45) is 0.510. The van der Waals surface area contributed by atoms with Crippen LogP contribution in [0.2, 0.25) is 0 Å². The molecule has 1 aromatic heterocycles. The maximum absolute atomic E-state index is 13.7. The zero-order valence-corrected chi connectivity index (χ0v) is 28.5. The second-order valence-electron chi connectivity index (χ2n) is 11.3. The third kappa shape index (κ3) is 10.2. The number of benzene rings is 4. The van der Waals surface area contributed by atoms with Gasteiger partial charge in [-0.3, -0.25) is 4.79 Å². The summed E-state index contributed by atoms with van der Waals surface area (Å²) in [5.74, 6) is -0.0721. The van der Waals surface area contributed by atoms with Crippen LogP contribution in [0.15, 0.2) is 108 Å². The number of para-hydroxylation sites is 1. The Bertz CT molecular complexity index is 1820. The number of carbonyl (C=O) groups excluding carboxylic acids is 2. The molecular weight excluding hydrogens is 599 g/mol. The zero-order valence-electron chi connectivity index (χ0n) is 25.7. The summed E-state index contributed by atoms with van der Waals surface area (Å²) in [6.45, 7) is 9.88. The van der Waals surface area contributed by atoms with Gasteiger partial charge in [0, 0.05) is 22.3 Å². The van der Waals surface area contributed by atoms with Gasteiger partial charge in [0.15, 0.2) is 0 Å². The Balaban J connectivity index is 0.00000104. The molecule has 5 rings (SSSR count). The molecule has 1 unspecified atom stereocenters. The molecule has 1 atom stereocenters. The molecule has 0 aliphatic rings. The van der Waals surface area contributed by atoms with Crippen molar-refractivity contribution in [2.24, 2.45) is 0 Å². The topological polar surface area (TPSA) is 123 Å². The molecule has 2 amide bonds. The molecule has 0 fully saturated rings. The van der Waals surface area contributed by atoms with Gasteiger partial charge in [0.05, 0.1) is 11.8 Å². The molecule has 0 radical (unpaired) electrons. The molecule has 1 heterocycles. The van der Waals surface area contributed by atoms with Crippen LogP contribution in [0.5, 0.6) is 0 Å². The van der Waals surface area contributed by atoms with Crippen molar-refractivity contribution in [3.05, 3.63) is 127 Å². The molecule has 45 heavy (non-hydrogen) atoms. The van der Waals surface area contributed by atoms with E-state index in [0.717, 1.165) is 39.1 Å². The summed E-state index contributed by atoms with van der Waals surface area (Å²) in [5, 5.41) is 6.85. The largest absolute Gasteiger partial charge is 1.00 e. The predicted octanol–water partition coefficient (Wildman–Crippen LogP) is 4.13. The monoisotopic (exact) mass is 632 g/mol. The molecule has 5 aromatic rings. The fourth-order valence-corrected chi connectivity index (χ4v) is 4.77. The number of hydrogen-bond donors (Lipinski definition) is 2. The number of carbonyl (C=O) groups is 2. The van der Waals surface area contributed by atoms with Crippen LogP contribution in [0, 0.1) is 6.92 Å². The van der Waals surface area contributed by atoms with E-state index >= 15 is 0 Å². The summed E-state index contributed by atoms with van der Waals surface area (Å²) in [4.78, 5) is 25.0. The van der Waals surface area contributed by atoms with E-state index in [2.05, 4.69) is 50.5 Å². The molecular formula is C35H33N2NaO6S. The molecule has 0 saturated heterocycles. The Morgan fingerprint density at radius 2 is 1.36 bits per heavy atom. The Morgan fingerprint density at radius 1 is 0.800 bits per heavy atom. The van der Waals surface area contributed by atoms with E-state index in [1.807, 2.05) is 91.0 Å². The van der Waals surface area contributed by atoms with Gasteiger partial charge in [-0.05, 0) is 77.1 Å². The Morgan fingerprint density at radius 3 is 1.91 bits per heavy atom. The second kappa shape index (κ2) is 15.7. The minimum Gasteiger partial charge on any atom is -0.456 e. The fraction of sp³-hybridized carbons (Fsp3) is 0.171. The number of rotatable bonds is 7. The molecule has 0 aliphatic heterocycles. The van der Waals surface area contributed by atoms with Gasteiger partial charge >= 0.3 is 40.2 Å². The third-order valence-corrected chi connectivity index (χ3v) is 7.04. The SMILES string of the molecule is O=S(=O)=O.[CH2-]C(=O)Nc1ccc(CC(C(=O)Nc2ccc(-c3cc4ccccc4o3)cc2)c2ccc(C(C)(C)C)cc2)cc1.[Na+]. The normalized spacial score (nSPS) is 11.4. The van der Waals surface area contributed by atoms with Crippen LogP contribution < -0.4 is 40.2 Å². The van der Waals surface area contributed by atoms with E-state index in [1.165, 1.54) is 5.56 Å². The molecule has 2 N–H and O–H groups in total. The first-order chi connectivity index (χ1) is 20.9. The van der Waals surface area contributed by atoms with Crippen LogP contribution in [0.25, 0.3) is 22.3 Å². The van der Waals surface area contributed by atoms with Crippen LogP contribution in [-0.4, -0.2) is 24.4 Å². The molecule has 10 heteroatoms.